The van der Waals surface area contributed by atoms with Gasteiger partial charge in [-0.2, -0.15) is 5.26 Å². The first-order valence-corrected chi connectivity index (χ1v) is 10.7. The zero-order chi connectivity index (χ0) is 21.9. The van der Waals surface area contributed by atoms with E-state index in [9.17, 15) is 14.9 Å². The van der Waals surface area contributed by atoms with Crippen molar-refractivity contribution in [2.75, 3.05) is 10.2 Å². The number of Topliss-reactive ketones (excluding diaryl/α,β-unsaturated/α-hetero) is 1. The predicted octanol–water partition coefficient (Wildman–Crippen LogP) is 3.56. The second kappa shape index (κ2) is 6.79. The van der Waals surface area contributed by atoms with Gasteiger partial charge in [0.2, 0.25) is 5.91 Å². The Bertz CT molecular complexity index is 1270. The number of nitrogens with two attached hydrogens (primary N) is 1. The van der Waals surface area contributed by atoms with E-state index in [0.717, 1.165) is 10.0 Å². The fraction of sp³-hybridized carbons (Fsp3) is 0.217. The minimum atomic E-state index is -1.54. The number of halogens is 1. The van der Waals surface area contributed by atoms with Crippen LogP contribution in [0.3, 0.4) is 0 Å². The molecule has 1 spiro atoms. The summed E-state index contributed by atoms with van der Waals surface area (Å²) < 4.78 is 0.793. The molecular weight excluding hydrogens is 458 g/mol. The van der Waals surface area contributed by atoms with Crippen LogP contribution in [0.1, 0.15) is 30.4 Å². The van der Waals surface area contributed by atoms with Gasteiger partial charge in [0.1, 0.15) is 23.1 Å². The molecule has 154 valence electrons. The third-order valence-electron chi connectivity index (χ3n) is 6.12. The Morgan fingerprint density at radius 2 is 2.06 bits per heavy atom. The molecule has 1 aliphatic carbocycles. The smallest absolute Gasteiger partial charge is 0.245 e. The number of nitrogens with zero attached hydrogens (tertiary/aromatic N) is 3. The van der Waals surface area contributed by atoms with Gasteiger partial charge in [0.25, 0.3) is 0 Å². The number of aromatic nitrogens is 1. The minimum absolute atomic E-state index is 0.0491. The first-order valence-electron chi connectivity index (χ1n) is 9.91. The predicted molar refractivity (Wildman–Crippen MR) is 119 cm³/mol. The highest BCUT2D eigenvalue weighted by atomic mass is 79.9. The number of pyridine rings is 1. The first kappa shape index (κ1) is 19.5. The molecule has 0 saturated heterocycles. The van der Waals surface area contributed by atoms with Gasteiger partial charge in [-0.25, -0.2) is 4.98 Å². The van der Waals surface area contributed by atoms with Crippen LogP contribution in [-0.4, -0.2) is 16.7 Å². The third kappa shape index (κ3) is 2.53. The van der Waals surface area contributed by atoms with Crippen LogP contribution < -0.4 is 16.0 Å². The van der Waals surface area contributed by atoms with Crippen molar-refractivity contribution in [3.05, 3.63) is 74.8 Å². The maximum Gasteiger partial charge on any atom is 0.245 e. The Labute approximate surface area is 187 Å². The van der Waals surface area contributed by atoms with Crippen molar-refractivity contribution in [2.24, 2.45) is 5.73 Å². The van der Waals surface area contributed by atoms with E-state index >= 15 is 0 Å². The van der Waals surface area contributed by atoms with Crippen LogP contribution in [0.15, 0.2) is 63.7 Å². The summed E-state index contributed by atoms with van der Waals surface area (Å²) in [4.78, 5) is 33.0. The number of hydrogen-bond donors (Lipinski definition) is 2. The van der Waals surface area contributed by atoms with E-state index < -0.39 is 11.3 Å². The maximum absolute atomic E-state index is 13.5. The van der Waals surface area contributed by atoms with Crippen LogP contribution in [0, 0.1) is 18.3 Å². The zero-order valence-electron chi connectivity index (χ0n) is 16.7. The summed E-state index contributed by atoms with van der Waals surface area (Å²) in [5.41, 5.74) is 8.16. The van der Waals surface area contributed by atoms with Crippen LogP contribution in [-0.2, 0) is 15.0 Å². The molecule has 0 saturated carbocycles. The van der Waals surface area contributed by atoms with Crippen LogP contribution >= 0.6 is 15.9 Å². The van der Waals surface area contributed by atoms with Crippen molar-refractivity contribution in [2.45, 2.75) is 31.6 Å². The van der Waals surface area contributed by atoms with Gasteiger partial charge in [0.15, 0.2) is 5.78 Å². The number of ketones is 1. The number of hydrogen-bond acceptors (Lipinski definition) is 6. The molecule has 3 N–H and O–H groups in total. The lowest BCUT2D eigenvalue weighted by atomic mass is 9.63. The van der Waals surface area contributed by atoms with E-state index in [4.69, 9.17) is 5.73 Å². The number of nitriles is 1. The summed E-state index contributed by atoms with van der Waals surface area (Å²) in [5.74, 6) is 0.0514. The quantitative estimate of drug-likeness (QED) is 0.651. The lowest BCUT2D eigenvalue weighted by molar-refractivity contribution is -0.122. The molecule has 3 heterocycles. The molecular formula is C23H18BrN5O2. The van der Waals surface area contributed by atoms with E-state index in [1.807, 2.05) is 25.1 Å². The van der Waals surface area contributed by atoms with Crippen LogP contribution in [0.25, 0.3) is 0 Å². The van der Waals surface area contributed by atoms with Gasteiger partial charge in [-0.1, -0.05) is 17.7 Å². The van der Waals surface area contributed by atoms with E-state index in [0.29, 0.717) is 47.6 Å². The molecule has 0 radical (unpaired) electrons. The lowest BCUT2D eigenvalue weighted by Crippen LogP contribution is -2.51. The monoisotopic (exact) mass is 475 g/mol. The van der Waals surface area contributed by atoms with Crippen LogP contribution in [0.5, 0.6) is 0 Å². The summed E-state index contributed by atoms with van der Waals surface area (Å²) >= 11 is 3.37. The van der Waals surface area contributed by atoms with Crippen LogP contribution in [0.4, 0.5) is 11.5 Å². The minimum Gasteiger partial charge on any atom is -0.384 e. The number of fused-ring (bicyclic) bond motifs is 3. The molecule has 1 amide bonds. The Kier molecular flexibility index (Phi) is 4.27. The molecule has 0 bridgehead atoms. The fourth-order valence-corrected chi connectivity index (χ4v) is 5.10. The number of carbonyl (C=O) groups is 2. The van der Waals surface area contributed by atoms with E-state index in [1.165, 1.54) is 0 Å². The largest absolute Gasteiger partial charge is 0.384 e. The number of amides is 1. The molecule has 5 rings (SSSR count). The average Bonchev–Trinajstić information content (AvgIpc) is 3.02. The molecule has 7 nitrogen and oxygen atoms in total. The Morgan fingerprint density at radius 3 is 2.77 bits per heavy atom. The zero-order valence-corrected chi connectivity index (χ0v) is 18.3. The topological polar surface area (TPSA) is 112 Å². The molecule has 0 unspecified atom stereocenters. The summed E-state index contributed by atoms with van der Waals surface area (Å²) in [6, 6.07) is 11.3. The number of allylic oxidation sites excluding steroid dienone is 1. The molecule has 1 atom stereocenters. The highest BCUT2D eigenvalue weighted by Crippen LogP contribution is 2.55. The Hall–Kier alpha value is -3.44. The van der Waals surface area contributed by atoms with Crippen molar-refractivity contribution in [1.82, 2.24) is 4.98 Å². The van der Waals surface area contributed by atoms with Gasteiger partial charge in [-0.3, -0.25) is 14.5 Å². The SMILES string of the molecule is Cc1ccc2c(c1)[C@@]1(C(=O)N2)C(C#N)=C(N)N(c2ccc(Br)cn2)C2=C1C(=O)CCC2. The van der Waals surface area contributed by atoms with Crippen molar-refractivity contribution < 1.29 is 9.59 Å². The number of benzene rings is 1. The summed E-state index contributed by atoms with van der Waals surface area (Å²) in [6.45, 7) is 1.91. The number of rotatable bonds is 1. The van der Waals surface area contributed by atoms with E-state index in [2.05, 4.69) is 32.3 Å². The lowest BCUT2D eigenvalue weighted by Gasteiger charge is -2.43. The molecule has 2 aromatic rings. The molecule has 1 aromatic carbocycles. The number of nitrogens with one attached hydrogen (secondary N) is 1. The average molecular weight is 476 g/mol. The van der Waals surface area contributed by atoms with Crippen molar-refractivity contribution in [3.63, 3.8) is 0 Å². The highest BCUT2D eigenvalue weighted by Gasteiger charge is 2.60. The molecule has 1 aromatic heterocycles. The molecule has 3 aliphatic rings. The second-order valence-electron chi connectivity index (χ2n) is 7.89. The van der Waals surface area contributed by atoms with Crippen molar-refractivity contribution >= 4 is 39.1 Å². The van der Waals surface area contributed by atoms with E-state index in [1.54, 1.807) is 23.2 Å². The summed E-state index contributed by atoms with van der Waals surface area (Å²) in [6.07, 6.45) is 3.13. The second-order valence-corrected chi connectivity index (χ2v) is 8.81. The molecule has 31 heavy (non-hydrogen) atoms. The third-order valence-corrected chi connectivity index (χ3v) is 6.59. The van der Waals surface area contributed by atoms with Crippen LogP contribution in [0.2, 0.25) is 0 Å². The Morgan fingerprint density at radius 1 is 1.26 bits per heavy atom. The molecule has 8 heteroatoms. The molecule has 0 fully saturated rings. The summed E-state index contributed by atoms with van der Waals surface area (Å²) in [5, 5.41) is 13.1. The number of aryl methyl sites for hydroxylation is 1. The highest BCUT2D eigenvalue weighted by molar-refractivity contribution is 9.10. The number of anilines is 2. The fourth-order valence-electron chi connectivity index (χ4n) is 4.87. The van der Waals surface area contributed by atoms with Gasteiger partial charge in [-0.05, 0) is 53.9 Å². The first-order chi connectivity index (χ1) is 14.9. The Balaban J connectivity index is 1.88. The van der Waals surface area contributed by atoms with Gasteiger partial charge in [0.05, 0.1) is 5.57 Å². The standard InChI is InChI=1S/C23H18BrN5O2/c1-12-5-7-16-14(9-12)23(22(31)28-16)15(10-25)21(26)29(19-8-6-13(24)11-27-19)17-3-2-4-18(30)20(17)23/h5-9,11H,2-4,26H2,1H3,(H,28,31)/t23-/m1/s1. The normalized spacial score (nSPS) is 22.4. The van der Waals surface area contributed by atoms with Gasteiger partial charge in [0, 0.05) is 39.6 Å². The van der Waals surface area contributed by atoms with Gasteiger partial charge in [-0.15, -0.1) is 0 Å². The molecule has 2 aliphatic heterocycles. The van der Waals surface area contributed by atoms with Crippen molar-refractivity contribution in [1.29, 1.82) is 5.26 Å². The van der Waals surface area contributed by atoms with E-state index in [-0.39, 0.29) is 17.2 Å². The van der Waals surface area contributed by atoms with Gasteiger partial charge < -0.3 is 11.1 Å². The van der Waals surface area contributed by atoms with Gasteiger partial charge >= 0.3 is 0 Å². The maximum atomic E-state index is 13.5. The van der Waals surface area contributed by atoms with Crippen molar-refractivity contribution in [3.8, 4) is 6.07 Å². The number of carbonyl (C=O) groups excluding carboxylic acids is 2. The summed E-state index contributed by atoms with van der Waals surface area (Å²) in [7, 11) is 0.